The zero-order valence-electron chi connectivity index (χ0n) is 15.2. The molecule has 0 radical (unpaired) electrons. The van der Waals surface area contributed by atoms with E-state index in [-0.39, 0.29) is 23.5 Å². The predicted octanol–water partition coefficient (Wildman–Crippen LogP) is 4.21. The van der Waals surface area contributed by atoms with Gasteiger partial charge >= 0.3 is 0 Å². The topological polar surface area (TPSA) is 68.6 Å². The van der Waals surface area contributed by atoms with Crippen molar-refractivity contribution in [2.75, 3.05) is 11.4 Å². The van der Waals surface area contributed by atoms with E-state index >= 15 is 0 Å². The minimum Gasteiger partial charge on any atom is -0.508 e. The van der Waals surface area contributed by atoms with E-state index in [1.807, 2.05) is 55.1 Å². The van der Waals surface area contributed by atoms with Crippen molar-refractivity contribution in [2.45, 2.75) is 25.8 Å². The van der Waals surface area contributed by atoms with Gasteiger partial charge in [-0.1, -0.05) is 32.0 Å². The van der Waals surface area contributed by atoms with Crippen LogP contribution in [-0.2, 0) is 0 Å². The predicted molar refractivity (Wildman–Crippen MR) is 111 cm³/mol. The smallest absolute Gasteiger partial charge is 0.174 e. The van der Waals surface area contributed by atoms with Crippen molar-refractivity contribution in [1.29, 1.82) is 0 Å². The quantitative estimate of drug-likeness (QED) is 0.593. The van der Waals surface area contributed by atoms with Crippen LogP contribution in [-0.4, -0.2) is 26.9 Å². The van der Waals surface area contributed by atoms with Gasteiger partial charge in [-0.3, -0.25) is 4.98 Å². The summed E-state index contributed by atoms with van der Waals surface area (Å²) in [6.07, 6.45) is 1.77. The second kappa shape index (κ2) is 6.70. The summed E-state index contributed by atoms with van der Waals surface area (Å²) in [5.74, 6) is 0.318. The summed E-state index contributed by atoms with van der Waals surface area (Å²) < 4.78 is 0. The first-order chi connectivity index (χ1) is 13.0. The van der Waals surface area contributed by atoms with Gasteiger partial charge in [0.15, 0.2) is 5.11 Å². The van der Waals surface area contributed by atoms with Gasteiger partial charge in [-0.2, -0.15) is 0 Å². The first-order valence-electron chi connectivity index (χ1n) is 8.94. The molecule has 1 unspecified atom stereocenters. The van der Waals surface area contributed by atoms with Gasteiger partial charge in [-0.15, -0.1) is 0 Å². The Bertz CT molecular complexity index is 1030. The fourth-order valence-corrected chi connectivity index (χ4v) is 3.97. The number of thiocarbonyl (C=S) groups is 1. The van der Waals surface area contributed by atoms with Crippen molar-refractivity contribution >= 4 is 33.9 Å². The molecule has 5 nitrogen and oxygen atoms in total. The molecule has 3 aromatic rings. The molecule has 138 valence electrons. The van der Waals surface area contributed by atoms with Crippen LogP contribution in [0.4, 0.5) is 5.69 Å². The maximum absolute atomic E-state index is 10.6. The average molecular weight is 379 g/mol. The van der Waals surface area contributed by atoms with Crippen LogP contribution in [0.1, 0.15) is 36.9 Å². The Labute approximate surface area is 163 Å². The van der Waals surface area contributed by atoms with Gasteiger partial charge < -0.3 is 20.4 Å². The number of fused-ring (bicyclic) bond motifs is 1. The summed E-state index contributed by atoms with van der Waals surface area (Å²) in [6.45, 7) is 4.61. The SMILES string of the molecule is CC(C)c1cc(C2CNC(=S)N2c2ccnc3ccccc23)c(O)cc1O. The summed E-state index contributed by atoms with van der Waals surface area (Å²) in [5, 5.41) is 25.6. The highest BCUT2D eigenvalue weighted by atomic mass is 32.1. The molecule has 1 atom stereocenters. The normalized spacial score (nSPS) is 16.9. The summed E-state index contributed by atoms with van der Waals surface area (Å²) in [5.41, 5.74) is 3.38. The molecule has 1 aliphatic heterocycles. The van der Waals surface area contributed by atoms with E-state index in [1.165, 1.54) is 6.07 Å². The van der Waals surface area contributed by atoms with Gasteiger partial charge in [0, 0.05) is 29.8 Å². The molecule has 6 heteroatoms. The standard InChI is InChI=1S/C21H21N3O2S/c1-12(2)14-9-15(20(26)10-19(14)25)18-11-23-21(27)24(18)17-7-8-22-16-6-4-3-5-13(16)17/h3-10,12,18,25-26H,11H2,1-2H3,(H,23,27). The number of para-hydroxylation sites is 1. The highest BCUT2D eigenvalue weighted by Crippen LogP contribution is 2.41. The van der Waals surface area contributed by atoms with Crippen molar-refractivity contribution in [3.63, 3.8) is 0 Å². The monoisotopic (exact) mass is 379 g/mol. The number of phenolic OH excluding ortho intramolecular Hbond substituents is 2. The number of pyridine rings is 1. The molecule has 27 heavy (non-hydrogen) atoms. The molecule has 1 aliphatic rings. The Morgan fingerprint density at radius 2 is 1.93 bits per heavy atom. The van der Waals surface area contributed by atoms with E-state index in [2.05, 4.69) is 10.3 Å². The van der Waals surface area contributed by atoms with E-state index in [1.54, 1.807) is 6.20 Å². The number of nitrogens with zero attached hydrogens (tertiary/aromatic N) is 2. The third-order valence-corrected chi connectivity index (χ3v) is 5.36. The van der Waals surface area contributed by atoms with Crippen molar-refractivity contribution in [2.24, 2.45) is 0 Å². The minimum absolute atomic E-state index is 0.0664. The van der Waals surface area contributed by atoms with Crippen LogP contribution in [0.25, 0.3) is 10.9 Å². The van der Waals surface area contributed by atoms with E-state index in [9.17, 15) is 10.2 Å². The van der Waals surface area contributed by atoms with E-state index < -0.39 is 0 Å². The minimum atomic E-state index is -0.179. The van der Waals surface area contributed by atoms with E-state index in [4.69, 9.17) is 12.2 Å². The Morgan fingerprint density at radius 3 is 2.70 bits per heavy atom. The van der Waals surface area contributed by atoms with Crippen LogP contribution in [0.3, 0.4) is 0 Å². The number of rotatable bonds is 3. The maximum Gasteiger partial charge on any atom is 0.174 e. The summed E-state index contributed by atoms with van der Waals surface area (Å²) in [7, 11) is 0. The molecule has 0 spiro atoms. The van der Waals surface area contributed by atoms with Gasteiger partial charge in [0.25, 0.3) is 0 Å². The highest BCUT2D eigenvalue weighted by molar-refractivity contribution is 7.80. The van der Waals surface area contributed by atoms with E-state index in [0.29, 0.717) is 11.7 Å². The average Bonchev–Trinajstić information content (AvgIpc) is 3.02. The van der Waals surface area contributed by atoms with Crippen molar-refractivity contribution in [1.82, 2.24) is 10.3 Å². The van der Waals surface area contributed by atoms with Gasteiger partial charge in [0.1, 0.15) is 11.5 Å². The van der Waals surface area contributed by atoms with Crippen LogP contribution in [0, 0.1) is 0 Å². The van der Waals surface area contributed by atoms with Crippen LogP contribution < -0.4 is 10.2 Å². The molecular formula is C21H21N3O2S. The van der Waals surface area contributed by atoms with Crippen molar-refractivity contribution in [3.05, 3.63) is 59.8 Å². The Balaban J connectivity index is 1.87. The lowest BCUT2D eigenvalue weighted by atomic mass is 9.95. The third kappa shape index (κ3) is 2.96. The Kier molecular flexibility index (Phi) is 4.36. The lowest BCUT2D eigenvalue weighted by Crippen LogP contribution is -2.29. The second-order valence-corrected chi connectivity index (χ2v) is 7.43. The first kappa shape index (κ1) is 17.5. The number of nitrogens with one attached hydrogen (secondary N) is 1. The Morgan fingerprint density at radius 1 is 1.15 bits per heavy atom. The van der Waals surface area contributed by atoms with E-state index in [0.717, 1.165) is 27.7 Å². The lowest BCUT2D eigenvalue weighted by molar-refractivity contribution is 0.436. The van der Waals surface area contributed by atoms with Crippen molar-refractivity contribution < 1.29 is 10.2 Å². The molecule has 4 rings (SSSR count). The molecular weight excluding hydrogens is 358 g/mol. The third-order valence-electron chi connectivity index (χ3n) is 5.02. The largest absolute Gasteiger partial charge is 0.508 e. The molecule has 1 saturated heterocycles. The summed E-state index contributed by atoms with van der Waals surface area (Å²) >= 11 is 5.58. The van der Waals surface area contributed by atoms with Gasteiger partial charge in [-0.25, -0.2) is 0 Å². The zero-order chi connectivity index (χ0) is 19.1. The summed E-state index contributed by atoms with van der Waals surface area (Å²) in [6, 6.07) is 13.0. The molecule has 0 saturated carbocycles. The number of aromatic nitrogens is 1. The van der Waals surface area contributed by atoms with Gasteiger partial charge in [-0.05, 0) is 41.9 Å². The molecule has 2 aromatic carbocycles. The van der Waals surface area contributed by atoms with Crippen LogP contribution in [0.15, 0.2) is 48.7 Å². The molecule has 3 N–H and O–H groups in total. The second-order valence-electron chi connectivity index (χ2n) is 7.04. The van der Waals surface area contributed by atoms with Crippen LogP contribution >= 0.6 is 12.2 Å². The highest BCUT2D eigenvalue weighted by Gasteiger charge is 2.34. The zero-order valence-corrected chi connectivity index (χ0v) is 16.0. The molecule has 0 bridgehead atoms. The number of aromatic hydroxyl groups is 2. The number of hydrogen-bond donors (Lipinski definition) is 3. The van der Waals surface area contributed by atoms with Gasteiger partial charge in [0.2, 0.25) is 0 Å². The maximum atomic E-state index is 10.6. The molecule has 1 aromatic heterocycles. The number of phenols is 2. The molecule has 0 amide bonds. The molecule has 1 fully saturated rings. The van der Waals surface area contributed by atoms with Crippen LogP contribution in [0.2, 0.25) is 0 Å². The number of anilines is 1. The molecule has 2 heterocycles. The van der Waals surface area contributed by atoms with Crippen molar-refractivity contribution in [3.8, 4) is 11.5 Å². The molecule has 0 aliphatic carbocycles. The number of hydrogen-bond acceptors (Lipinski definition) is 4. The van der Waals surface area contributed by atoms with Gasteiger partial charge in [0.05, 0.1) is 17.2 Å². The van der Waals surface area contributed by atoms with Crippen LogP contribution in [0.5, 0.6) is 11.5 Å². The number of benzene rings is 2. The fraction of sp³-hybridized carbons (Fsp3) is 0.238. The Hall–Kier alpha value is -2.86. The fourth-order valence-electron chi connectivity index (χ4n) is 3.66. The summed E-state index contributed by atoms with van der Waals surface area (Å²) in [4.78, 5) is 6.45. The first-order valence-corrected chi connectivity index (χ1v) is 9.34. The lowest BCUT2D eigenvalue weighted by Gasteiger charge is -2.27.